The van der Waals surface area contributed by atoms with Crippen LogP contribution in [0.1, 0.15) is 135 Å². The van der Waals surface area contributed by atoms with Gasteiger partial charge in [0.25, 0.3) is 0 Å². The number of hydrogen-bond donors (Lipinski definition) is 0. The summed E-state index contributed by atoms with van der Waals surface area (Å²) in [5.41, 5.74) is 1.78. The summed E-state index contributed by atoms with van der Waals surface area (Å²) in [5.74, 6) is 0. The van der Waals surface area contributed by atoms with E-state index >= 15 is 4.57 Å². The summed E-state index contributed by atoms with van der Waals surface area (Å²) in [5, 5.41) is 0. The van der Waals surface area contributed by atoms with Gasteiger partial charge in [0.05, 0.1) is 7.14 Å². The zero-order chi connectivity index (χ0) is 18.1. The highest BCUT2D eigenvalue weighted by atomic mass is 31.2. The van der Waals surface area contributed by atoms with Gasteiger partial charge in [0.1, 0.15) is 0 Å². The van der Waals surface area contributed by atoms with Gasteiger partial charge in [-0.05, 0) is 38.5 Å². The Kier molecular flexibility index (Phi) is 9.09. The normalized spacial score (nSPS) is 27.5. The summed E-state index contributed by atoms with van der Waals surface area (Å²) in [4.78, 5) is 0. The second-order valence-electron chi connectivity index (χ2n) is 9.76. The molecule has 0 aliphatic heterocycles. The first-order valence-corrected chi connectivity index (χ1v) is 14.3. The lowest BCUT2D eigenvalue weighted by Crippen LogP contribution is -2.29. The molecule has 0 amide bonds. The Hall–Kier alpha value is 0.230. The van der Waals surface area contributed by atoms with Crippen LogP contribution in [0, 0.1) is 0 Å². The smallest absolute Gasteiger partial charge is 0.0964 e. The second kappa shape index (κ2) is 11.3. The van der Waals surface area contributed by atoms with Crippen LogP contribution < -0.4 is 0 Å². The molecule has 0 radical (unpaired) electrons. The Bertz CT molecular complexity index is 346. The van der Waals surface area contributed by atoms with Gasteiger partial charge in [-0.15, -0.1) is 0 Å². The predicted octanol–water partition coefficient (Wildman–Crippen LogP) is 8.69. The Balaban J connectivity index is 1.83. The molecule has 3 aliphatic carbocycles. The molecule has 3 fully saturated rings. The minimum atomic E-state index is -2.09. The molecule has 1 nitrogen and oxygen atoms in total. The largest absolute Gasteiger partial charge is 0.323 e. The molecule has 0 heterocycles. The van der Waals surface area contributed by atoms with Crippen LogP contribution in [0.15, 0.2) is 0 Å². The van der Waals surface area contributed by atoms with Gasteiger partial charge in [0.15, 0.2) is 0 Å². The highest BCUT2D eigenvalue weighted by Gasteiger charge is 2.45. The maximum absolute atomic E-state index is 15.1. The highest BCUT2D eigenvalue weighted by molar-refractivity contribution is 7.66. The topological polar surface area (TPSA) is 17.1 Å². The van der Waals surface area contributed by atoms with Crippen LogP contribution in [0.4, 0.5) is 0 Å². The van der Waals surface area contributed by atoms with Crippen molar-refractivity contribution in [3.05, 3.63) is 0 Å². The van der Waals surface area contributed by atoms with Gasteiger partial charge in [-0.2, -0.15) is 0 Å². The van der Waals surface area contributed by atoms with Crippen molar-refractivity contribution in [3.63, 3.8) is 0 Å². The third-order valence-electron chi connectivity index (χ3n) is 7.94. The molecule has 3 rings (SSSR count). The van der Waals surface area contributed by atoms with Crippen molar-refractivity contribution in [1.82, 2.24) is 0 Å². The van der Waals surface area contributed by atoms with Crippen molar-refractivity contribution in [1.29, 1.82) is 0 Å². The van der Waals surface area contributed by atoms with E-state index in [9.17, 15) is 0 Å². The van der Waals surface area contributed by atoms with Gasteiger partial charge in [-0.1, -0.05) is 96.3 Å². The van der Waals surface area contributed by atoms with Gasteiger partial charge >= 0.3 is 0 Å². The summed E-state index contributed by atoms with van der Waals surface area (Å²) in [6, 6.07) is 0. The van der Waals surface area contributed by atoms with E-state index in [0.717, 1.165) is 0 Å². The lowest BCUT2D eigenvalue weighted by atomic mass is 9.99. The van der Waals surface area contributed by atoms with Crippen molar-refractivity contribution in [3.8, 4) is 0 Å². The van der Waals surface area contributed by atoms with Gasteiger partial charge in [-0.3, -0.25) is 0 Å². The molecule has 0 N–H and O–H groups in total. The first kappa shape index (κ1) is 21.0. The van der Waals surface area contributed by atoms with Crippen molar-refractivity contribution in [2.75, 3.05) is 0 Å². The van der Waals surface area contributed by atoms with Crippen LogP contribution in [0.5, 0.6) is 0 Å². The van der Waals surface area contributed by atoms with Crippen LogP contribution in [-0.2, 0) is 4.57 Å². The van der Waals surface area contributed by atoms with Crippen LogP contribution in [0.25, 0.3) is 0 Å². The molecule has 0 aromatic heterocycles. The van der Waals surface area contributed by atoms with Crippen molar-refractivity contribution >= 4 is 7.14 Å². The van der Waals surface area contributed by atoms with E-state index in [2.05, 4.69) is 0 Å². The molecule has 3 aliphatic rings. The van der Waals surface area contributed by atoms with Crippen molar-refractivity contribution in [2.24, 2.45) is 0 Å². The molecule has 0 bridgehead atoms. The minimum absolute atomic E-state index is 0.594. The Morgan fingerprint density at radius 3 is 0.769 bits per heavy atom. The fourth-order valence-electron chi connectivity index (χ4n) is 6.41. The zero-order valence-electron chi connectivity index (χ0n) is 17.4. The van der Waals surface area contributed by atoms with E-state index in [4.69, 9.17) is 0 Å². The molecule has 0 aromatic carbocycles. The van der Waals surface area contributed by atoms with Gasteiger partial charge in [0, 0.05) is 17.0 Å². The van der Waals surface area contributed by atoms with Gasteiger partial charge in [0.2, 0.25) is 0 Å². The van der Waals surface area contributed by atoms with E-state index in [-0.39, 0.29) is 0 Å². The molecule has 3 saturated carbocycles. The molecule has 0 spiro atoms. The fraction of sp³-hybridized carbons (Fsp3) is 1.00. The molecule has 0 atom stereocenters. The van der Waals surface area contributed by atoms with Gasteiger partial charge in [-0.25, -0.2) is 0 Å². The van der Waals surface area contributed by atoms with E-state index < -0.39 is 7.14 Å². The fourth-order valence-corrected chi connectivity index (χ4v) is 11.7. The summed E-state index contributed by atoms with van der Waals surface area (Å²) in [6.07, 6.45) is 28.5. The Morgan fingerprint density at radius 2 is 0.538 bits per heavy atom. The minimum Gasteiger partial charge on any atom is -0.323 e. The number of rotatable bonds is 3. The molecular formula is C24H45OP. The molecule has 0 unspecified atom stereocenters. The molecule has 26 heavy (non-hydrogen) atoms. The van der Waals surface area contributed by atoms with E-state index in [1.54, 1.807) is 0 Å². The zero-order valence-corrected chi connectivity index (χ0v) is 18.3. The first-order valence-electron chi connectivity index (χ1n) is 12.4. The molecule has 0 saturated heterocycles. The van der Waals surface area contributed by atoms with Crippen molar-refractivity contribution in [2.45, 2.75) is 152 Å². The predicted molar refractivity (Wildman–Crippen MR) is 116 cm³/mol. The second-order valence-corrected chi connectivity index (χ2v) is 13.5. The van der Waals surface area contributed by atoms with E-state index in [1.807, 2.05) is 0 Å². The van der Waals surface area contributed by atoms with Crippen LogP contribution in [0.3, 0.4) is 0 Å². The average Bonchev–Trinajstić information content (AvgIpc) is 2.53. The molecule has 2 heteroatoms. The van der Waals surface area contributed by atoms with E-state index in [0.29, 0.717) is 17.0 Å². The maximum Gasteiger partial charge on any atom is 0.0964 e. The first-order chi connectivity index (χ1) is 12.8. The average molecular weight is 381 g/mol. The highest BCUT2D eigenvalue weighted by Crippen LogP contribution is 2.67. The Morgan fingerprint density at radius 1 is 0.346 bits per heavy atom. The van der Waals surface area contributed by atoms with Crippen LogP contribution in [0.2, 0.25) is 0 Å². The summed E-state index contributed by atoms with van der Waals surface area (Å²) in [7, 11) is -2.09. The van der Waals surface area contributed by atoms with Crippen LogP contribution in [-0.4, -0.2) is 17.0 Å². The summed E-state index contributed by atoms with van der Waals surface area (Å²) >= 11 is 0. The monoisotopic (exact) mass is 380 g/mol. The lowest BCUT2D eigenvalue weighted by Gasteiger charge is -2.42. The third kappa shape index (κ3) is 5.62. The molecule has 152 valence electrons. The standard InChI is InChI=1S/C24H45OP/c25-26(22-16-10-4-1-5-11-17-22,23-18-12-6-2-7-13-19-23)24-20-14-8-3-9-15-21-24/h22-24H,1-21H2. The molecule has 0 aromatic rings. The quantitative estimate of drug-likeness (QED) is 0.447. The lowest BCUT2D eigenvalue weighted by molar-refractivity contribution is 0.431. The van der Waals surface area contributed by atoms with Gasteiger partial charge < -0.3 is 4.57 Å². The number of hydrogen-bond acceptors (Lipinski definition) is 1. The van der Waals surface area contributed by atoms with E-state index in [1.165, 1.54) is 135 Å². The third-order valence-corrected chi connectivity index (χ3v) is 12.9. The Labute approximate surface area is 163 Å². The van der Waals surface area contributed by atoms with Crippen molar-refractivity contribution < 1.29 is 4.57 Å². The SMILES string of the molecule is O=P(C1CCCCCCC1)(C1CCCCCCC1)C1CCCCCCC1. The summed E-state index contributed by atoms with van der Waals surface area (Å²) in [6.45, 7) is 0. The summed E-state index contributed by atoms with van der Waals surface area (Å²) < 4.78 is 15.1. The maximum atomic E-state index is 15.1. The van der Waals surface area contributed by atoms with Crippen LogP contribution >= 0.6 is 7.14 Å². The molecular weight excluding hydrogens is 335 g/mol.